The van der Waals surface area contributed by atoms with Crippen molar-refractivity contribution in [2.24, 2.45) is 5.14 Å². The first-order valence-corrected chi connectivity index (χ1v) is 7.79. The molecule has 0 bridgehead atoms. The van der Waals surface area contributed by atoms with E-state index in [0.29, 0.717) is 17.9 Å². The maximum absolute atomic E-state index is 11.7. The smallest absolute Gasteiger partial charge is 0.240 e. The van der Waals surface area contributed by atoms with Gasteiger partial charge in [-0.15, -0.1) is 0 Å². The molecule has 5 nitrogen and oxygen atoms in total. The molecule has 20 heavy (non-hydrogen) atoms. The molecule has 1 aliphatic rings. The Morgan fingerprint density at radius 2 is 1.80 bits per heavy atom. The van der Waals surface area contributed by atoms with Crippen LogP contribution < -0.4 is 15.8 Å². The Hall–Kier alpha value is -2.05. The summed E-state index contributed by atoms with van der Waals surface area (Å²) in [4.78, 5) is 2.05. The lowest BCUT2D eigenvalue weighted by Crippen LogP contribution is -2.20. The van der Waals surface area contributed by atoms with E-state index in [1.54, 1.807) is 12.1 Å². The number of nitrogens with zero attached hydrogens (tertiary/aromatic N) is 1. The van der Waals surface area contributed by atoms with E-state index in [1.807, 2.05) is 29.2 Å². The van der Waals surface area contributed by atoms with Crippen molar-refractivity contribution >= 4 is 27.1 Å². The Bertz CT molecular complexity index is 772. The molecule has 0 aromatic heterocycles. The molecule has 0 saturated heterocycles. The first-order chi connectivity index (χ1) is 9.47. The predicted molar refractivity (Wildman–Crippen MR) is 79.4 cm³/mol. The van der Waals surface area contributed by atoms with Crippen LogP contribution in [0.1, 0.15) is 5.56 Å². The Morgan fingerprint density at radius 1 is 1.05 bits per heavy atom. The number of rotatable bonds is 2. The van der Waals surface area contributed by atoms with E-state index >= 15 is 0 Å². The second-order valence-electron chi connectivity index (χ2n) is 4.80. The minimum Gasteiger partial charge on any atom is -0.399 e. The Labute approximate surface area is 117 Å². The Kier molecular flexibility index (Phi) is 2.92. The number of fused-ring (bicyclic) bond motifs is 1. The van der Waals surface area contributed by atoms with Crippen molar-refractivity contribution in [1.82, 2.24) is 0 Å². The third kappa shape index (κ3) is 2.13. The minimum atomic E-state index is -3.79. The van der Waals surface area contributed by atoms with E-state index in [-0.39, 0.29) is 4.90 Å². The summed E-state index contributed by atoms with van der Waals surface area (Å²) >= 11 is 0. The maximum atomic E-state index is 11.7. The molecule has 0 unspecified atom stereocenters. The summed E-state index contributed by atoms with van der Waals surface area (Å²) < 4.78 is 23.5. The molecule has 0 spiro atoms. The van der Waals surface area contributed by atoms with Gasteiger partial charge in [-0.05, 0) is 36.2 Å². The molecule has 2 aromatic rings. The van der Waals surface area contributed by atoms with Gasteiger partial charge >= 0.3 is 0 Å². The van der Waals surface area contributed by atoms with Gasteiger partial charge in [0.2, 0.25) is 10.0 Å². The van der Waals surface area contributed by atoms with Gasteiger partial charge in [0.1, 0.15) is 4.90 Å². The SMILES string of the molecule is Nc1ccc(S(N)(=O)=O)c(N2CCc3ccccc32)c1. The second kappa shape index (κ2) is 4.50. The molecule has 2 aromatic carbocycles. The fourth-order valence-electron chi connectivity index (χ4n) is 2.57. The van der Waals surface area contributed by atoms with Gasteiger partial charge in [0.05, 0.1) is 5.69 Å². The summed E-state index contributed by atoms with van der Waals surface area (Å²) in [5.74, 6) is 0. The molecule has 0 amide bonds. The molecule has 0 saturated carbocycles. The van der Waals surface area contributed by atoms with Crippen LogP contribution in [0.3, 0.4) is 0 Å². The molecule has 0 fully saturated rings. The summed E-state index contributed by atoms with van der Waals surface area (Å²) in [7, 11) is -3.79. The fourth-order valence-corrected chi connectivity index (χ4v) is 3.29. The van der Waals surface area contributed by atoms with Gasteiger partial charge in [0, 0.05) is 17.9 Å². The predicted octanol–water partition coefficient (Wildman–Crippen LogP) is 1.61. The van der Waals surface area contributed by atoms with Crippen molar-refractivity contribution in [2.75, 3.05) is 17.2 Å². The van der Waals surface area contributed by atoms with Gasteiger partial charge in [0.15, 0.2) is 0 Å². The lowest BCUT2D eigenvalue weighted by atomic mass is 10.2. The Balaban J connectivity index is 2.19. The van der Waals surface area contributed by atoms with E-state index < -0.39 is 10.0 Å². The third-order valence-corrected chi connectivity index (χ3v) is 4.43. The van der Waals surface area contributed by atoms with Gasteiger partial charge in [-0.3, -0.25) is 0 Å². The summed E-state index contributed by atoms with van der Waals surface area (Å²) in [6.45, 7) is 0.714. The summed E-state index contributed by atoms with van der Waals surface area (Å²) in [6, 6.07) is 12.6. The van der Waals surface area contributed by atoms with Gasteiger partial charge in [0.25, 0.3) is 0 Å². The second-order valence-corrected chi connectivity index (χ2v) is 6.33. The number of nitrogen functional groups attached to an aromatic ring is 1. The molecular weight excluding hydrogens is 274 g/mol. The van der Waals surface area contributed by atoms with Crippen LogP contribution in [0, 0.1) is 0 Å². The molecule has 0 aliphatic carbocycles. The highest BCUT2D eigenvalue weighted by Gasteiger charge is 2.25. The monoisotopic (exact) mass is 289 g/mol. The van der Waals surface area contributed by atoms with Crippen molar-refractivity contribution in [1.29, 1.82) is 0 Å². The molecule has 1 aliphatic heterocycles. The number of hydrogen-bond donors (Lipinski definition) is 2. The number of primary sulfonamides is 1. The molecule has 1 heterocycles. The zero-order valence-electron chi connectivity index (χ0n) is 10.8. The van der Waals surface area contributed by atoms with E-state index in [4.69, 9.17) is 10.9 Å². The lowest BCUT2D eigenvalue weighted by Gasteiger charge is -2.22. The number of hydrogen-bond acceptors (Lipinski definition) is 4. The average Bonchev–Trinajstić information content (AvgIpc) is 2.80. The molecule has 3 rings (SSSR count). The minimum absolute atomic E-state index is 0.100. The maximum Gasteiger partial charge on any atom is 0.240 e. The standard InChI is InChI=1S/C14H15N3O2S/c15-11-5-6-14(20(16,18)19)13(9-11)17-8-7-10-3-1-2-4-12(10)17/h1-6,9H,7-8,15H2,(H2,16,18,19). The largest absolute Gasteiger partial charge is 0.399 e. The average molecular weight is 289 g/mol. The number of nitrogens with two attached hydrogens (primary N) is 2. The van der Waals surface area contributed by atoms with Crippen LogP contribution in [-0.2, 0) is 16.4 Å². The van der Waals surface area contributed by atoms with E-state index in [0.717, 1.165) is 12.1 Å². The Morgan fingerprint density at radius 3 is 2.55 bits per heavy atom. The number of sulfonamides is 1. The molecule has 6 heteroatoms. The number of anilines is 3. The van der Waals surface area contributed by atoms with Gasteiger partial charge in [-0.25, -0.2) is 13.6 Å². The molecule has 4 N–H and O–H groups in total. The first-order valence-electron chi connectivity index (χ1n) is 6.24. The van der Waals surface area contributed by atoms with Gasteiger partial charge < -0.3 is 10.6 Å². The molecule has 104 valence electrons. The molecule has 0 radical (unpaired) electrons. The fraction of sp³-hybridized carbons (Fsp3) is 0.143. The van der Waals surface area contributed by atoms with Crippen LogP contribution in [0.25, 0.3) is 0 Å². The summed E-state index contributed by atoms with van der Waals surface area (Å²) in [5, 5.41) is 5.30. The van der Waals surface area contributed by atoms with E-state index in [1.165, 1.54) is 11.6 Å². The van der Waals surface area contributed by atoms with Crippen molar-refractivity contribution in [3.8, 4) is 0 Å². The van der Waals surface area contributed by atoms with Crippen LogP contribution in [0.15, 0.2) is 47.4 Å². The highest BCUT2D eigenvalue weighted by atomic mass is 32.2. The first kappa shape index (κ1) is 13.0. The van der Waals surface area contributed by atoms with Crippen LogP contribution >= 0.6 is 0 Å². The van der Waals surface area contributed by atoms with Crippen LogP contribution in [0.5, 0.6) is 0 Å². The zero-order valence-corrected chi connectivity index (χ0v) is 11.6. The normalized spacial score (nSPS) is 14.3. The third-order valence-electron chi connectivity index (χ3n) is 3.47. The van der Waals surface area contributed by atoms with Crippen molar-refractivity contribution in [3.05, 3.63) is 48.0 Å². The van der Waals surface area contributed by atoms with E-state index in [2.05, 4.69) is 0 Å². The number of para-hydroxylation sites is 1. The highest BCUT2D eigenvalue weighted by Crippen LogP contribution is 2.38. The zero-order chi connectivity index (χ0) is 14.3. The van der Waals surface area contributed by atoms with Crippen LogP contribution in [0.2, 0.25) is 0 Å². The van der Waals surface area contributed by atoms with E-state index in [9.17, 15) is 8.42 Å². The van der Waals surface area contributed by atoms with Crippen molar-refractivity contribution < 1.29 is 8.42 Å². The van der Waals surface area contributed by atoms with Crippen LogP contribution in [-0.4, -0.2) is 15.0 Å². The van der Waals surface area contributed by atoms with Gasteiger partial charge in [-0.1, -0.05) is 18.2 Å². The summed E-state index contributed by atoms with van der Waals surface area (Å²) in [6.07, 6.45) is 0.870. The lowest BCUT2D eigenvalue weighted by molar-refractivity contribution is 0.598. The summed E-state index contributed by atoms with van der Waals surface area (Å²) in [5.41, 5.74) is 9.04. The number of benzene rings is 2. The molecule has 0 atom stereocenters. The highest BCUT2D eigenvalue weighted by molar-refractivity contribution is 7.89. The quantitative estimate of drug-likeness (QED) is 0.822. The van der Waals surface area contributed by atoms with Crippen molar-refractivity contribution in [2.45, 2.75) is 11.3 Å². The van der Waals surface area contributed by atoms with Gasteiger partial charge in [-0.2, -0.15) is 0 Å². The topological polar surface area (TPSA) is 89.4 Å². The van der Waals surface area contributed by atoms with Crippen molar-refractivity contribution in [3.63, 3.8) is 0 Å². The van der Waals surface area contributed by atoms with Crippen LogP contribution in [0.4, 0.5) is 17.1 Å². The molecular formula is C14H15N3O2S.